The summed E-state index contributed by atoms with van der Waals surface area (Å²) in [5.74, 6) is 1.06. The van der Waals surface area contributed by atoms with Crippen molar-refractivity contribution in [2.24, 2.45) is 0 Å². The molecule has 2 aromatic heterocycles. The smallest absolute Gasteiger partial charge is 0.231 e. The van der Waals surface area contributed by atoms with Gasteiger partial charge < -0.3 is 14.2 Å². The van der Waals surface area contributed by atoms with Crippen LogP contribution in [-0.4, -0.2) is 16.3 Å². The van der Waals surface area contributed by atoms with Crippen LogP contribution in [0.5, 0.6) is 5.75 Å². The highest BCUT2D eigenvalue weighted by molar-refractivity contribution is 6.91. The van der Waals surface area contributed by atoms with Crippen LogP contribution in [0.25, 0.3) is 21.8 Å². The molecule has 2 atom stereocenters. The number of aromatic nitrogens is 2. The molecule has 0 aliphatic carbocycles. The van der Waals surface area contributed by atoms with Gasteiger partial charge in [0.2, 0.25) is 6.71 Å². The normalized spacial score (nSPS) is 18.7. The van der Waals surface area contributed by atoms with Gasteiger partial charge in [0.05, 0.1) is 11.7 Å². The van der Waals surface area contributed by atoms with Crippen LogP contribution >= 0.6 is 0 Å². The second-order valence-electron chi connectivity index (χ2n) is 9.94. The monoisotopic (exact) mass is 461 g/mol. The zero-order valence-corrected chi connectivity index (χ0v) is 19.4. The largest absolute Gasteiger partial charge is 0.468 e. The van der Waals surface area contributed by atoms with E-state index in [0.717, 1.165) is 5.75 Å². The Labute approximate surface area is 208 Å². The molecule has 0 saturated heterocycles. The average Bonchev–Trinajstić information content (AvgIpc) is 3.49. The summed E-state index contributed by atoms with van der Waals surface area (Å²) in [6.45, 7) is 0.185. The molecular formula is C31H20BN3O. The quantitative estimate of drug-likeness (QED) is 0.290. The molecule has 0 bridgehead atoms. The Morgan fingerprint density at radius 3 is 2.53 bits per heavy atom. The van der Waals surface area contributed by atoms with Gasteiger partial charge >= 0.3 is 0 Å². The van der Waals surface area contributed by atoms with Gasteiger partial charge in [0.15, 0.2) is 6.23 Å². The SMILES string of the molecule is c1ccc(N2c3ccccc3B3c4c2ccc2c5ccccc5n(c42)C2Oc4cnccc4C32)cc1. The fraction of sp³-hybridized carbons (Fsp3) is 0.0645. The molecular weight excluding hydrogens is 441 g/mol. The summed E-state index contributed by atoms with van der Waals surface area (Å²) < 4.78 is 9.19. The minimum absolute atomic E-state index is 0.115. The molecule has 36 heavy (non-hydrogen) atoms. The van der Waals surface area contributed by atoms with Crippen molar-refractivity contribution in [3.63, 3.8) is 0 Å². The number of ether oxygens (including phenoxy) is 1. The molecule has 4 nitrogen and oxygen atoms in total. The van der Waals surface area contributed by atoms with E-state index in [1.165, 1.54) is 55.4 Å². The van der Waals surface area contributed by atoms with Gasteiger partial charge in [-0.25, -0.2) is 0 Å². The molecule has 0 saturated carbocycles. The molecule has 6 aromatic rings. The number of fused-ring (bicyclic) bond motifs is 10. The third-order valence-corrected chi connectivity index (χ3v) is 8.31. The van der Waals surface area contributed by atoms with Crippen molar-refractivity contribution >= 4 is 56.5 Å². The number of anilines is 3. The number of para-hydroxylation sites is 3. The first-order valence-electron chi connectivity index (χ1n) is 12.5. The van der Waals surface area contributed by atoms with Gasteiger partial charge in [-0.05, 0) is 52.9 Å². The summed E-state index contributed by atoms with van der Waals surface area (Å²) in [4.78, 5) is 6.83. The number of nitrogens with zero attached hydrogens (tertiary/aromatic N) is 3. The van der Waals surface area contributed by atoms with Crippen molar-refractivity contribution in [3.8, 4) is 5.75 Å². The Morgan fingerprint density at radius 1 is 0.750 bits per heavy atom. The van der Waals surface area contributed by atoms with E-state index in [1.807, 2.05) is 12.4 Å². The minimum atomic E-state index is -0.115. The summed E-state index contributed by atoms with van der Waals surface area (Å²) in [5.41, 5.74) is 10.2. The molecule has 0 N–H and O–H groups in total. The van der Waals surface area contributed by atoms with Gasteiger partial charge in [0.25, 0.3) is 0 Å². The first-order valence-corrected chi connectivity index (χ1v) is 12.5. The molecule has 0 spiro atoms. The molecule has 3 aliphatic heterocycles. The Kier molecular flexibility index (Phi) is 3.43. The maximum atomic E-state index is 6.73. The van der Waals surface area contributed by atoms with Crippen LogP contribution in [0.4, 0.5) is 17.1 Å². The Bertz CT molecular complexity index is 1860. The van der Waals surface area contributed by atoms with Crippen molar-refractivity contribution in [1.82, 2.24) is 9.55 Å². The summed E-state index contributed by atoms with van der Waals surface area (Å²) in [7, 11) is 0. The summed E-state index contributed by atoms with van der Waals surface area (Å²) in [6.07, 6.45) is 3.67. The first-order chi connectivity index (χ1) is 17.9. The Balaban J connectivity index is 1.47. The van der Waals surface area contributed by atoms with Crippen LogP contribution in [0.2, 0.25) is 0 Å². The lowest BCUT2D eigenvalue weighted by molar-refractivity contribution is 0.162. The Morgan fingerprint density at radius 2 is 1.58 bits per heavy atom. The lowest BCUT2D eigenvalue weighted by atomic mass is 9.30. The number of benzene rings is 4. The third-order valence-electron chi connectivity index (χ3n) is 8.31. The van der Waals surface area contributed by atoms with E-state index in [1.54, 1.807) is 0 Å². The summed E-state index contributed by atoms with van der Waals surface area (Å²) >= 11 is 0. The van der Waals surface area contributed by atoms with E-state index in [-0.39, 0.29) is 18.8 Å². The molecule has 5 heteroatoms. The molecule has 168 valence electrons. The summed E-state index contributed by atoms with van der Waals surface area (Å²) in [5, 5.41) is 2.57. The molecule has 0 fully saturated rings. The average molecular weight is 461 g/mol. The number of hydrogen-bond acceptors (Lipinski definition) is 3. The molecule has 5 heterocycles. The molecule has 0 radical (unpaired) electrons. The van der Waals surface area contributed by atoms with Crippen molar-refractivity contribution < 1.29 is 4.74 Å². The molecule has 3 aliphatic rings. The van der Waals surface area contributed by atoms with Gasteiger partial charge in [-0.1, -0.05) is 60.7 Å². The van der Waals surface area contributed by atoms with Gasteiger partial charge in [-0.3, -0.25) is 4.98 Å². The fourth-order valence-electron chi connectivity index (χ4n) is 7.02. The predicted molar refractivity (Wildman–Crippen MR) is 146 cm³/mol. The van der Waals surface area contributed by atoms with E-state index in [9.17, 15) is 0 Å². The van der Waals surface area contributed by atoms with Crippen LogP contribution in [0.15, 0.2) is 109 Å². The van der Waals surface area contributed by atoms with Crippen LogP contribution in [0, 0.1) is 0 Å². The van der Waals surface area contributed by atoms with Crippen LogP contribution in [0.1, 0.15) is 17.6 Å². The summed E-state index contributed by atoms with van der Waals surface area (Å²) in [6, 6.07) is 35.2. The minimum Gasteiger partial charge on any atom is -0.468 e. The number of hydrogen-bond donors (Lipinski definition) is 0. The van der Waals surface area contributed by atoms with E-state index < -0.39 is 0 Å². The maximum absolute atomic E-state index is 6.73. The lowest BCUT2D eigenvalue weighted by Gasteiger charge is -2.42. The molecule has 2 unspecified atom stereocenters. The standard InChI is InChI=1S/C31H20BN3O/c1-2-8-19(9-3-1)34-25-13-7-5-11-23(25)32-28-22-16-17-33-18-27(22)36-31(28)35-24-12-6-4-10-20(24)21-14-15-26(34)29(32)30(21)35/h1-18,28,31H. The van der Waals surface area contributed by atoms with Crippen molar-refractivity contribution in [3.05, 3.63) is 115 Å². The highest BCUT2D eigenvalue weighted by Crippen LogP contribution is 2.52. The van der Waals surface area contributed by atoms with Crippen molar-refractivity contribution in [2.45, 2.75) is 12.0 Å². The molecule has 9 rings (SSSR count). The lowest BCUT2D eigenvalue weighted by Crippen LogP contribution is -2.57. The van der Waals surface area contributed by atoms with Crippen LogP contribution in [-0.2, 0) is 0 Å². The van der Waals surface area contributed by atoms with E-state index >= 15 is 0 Å². The predicted octanol–water partition coefficient (Wildman–Crippen LogP) is 5.81. The van der Waals surface area contributed by atoms with Crippen molar-refractivity contribution in [2.75, 3.05) is 4.90 Å². The van der Waals surface area contributed by atoms with E-state index in [0.29, 0.717) is 0 Å². The molecule has 0 amide bonds. The third kappa shape index (κ3) is 2.15. The van der Waals surface area contributed by atoms with E-state index in [4.69, 9.17) is 4.74 Å². The topological polar surface area (TPSA) is 30.3 Å². The fourth-order valence-corrected chi connectivity index (χ4v) is 7.02. The van der Waals surface area contributed by atoms with E-state index in [2.05, 4.69) is 112 Å². The van der Waals surface area contributed by atoms with Gasteiger partial charge in [0.1, 0.15) is 5.75 Å². The highest BCUT2D eigenvalue weighted by atomic mass is 16.5. The van der Waals surface area contributed by atoms with Gasteiger partial charge in [-0.15, -0.1) is 0 Å². The van der Waals surface area contributed by atoms with Crippen LogP contribution < -0.4 is 20.6 Å². The maximum Gasteiger partial charge on any atom is 0.231 e. The van der Waals surface area contributed by atoms with Gasteiger partial charge in [-0.2, -0.15) is 0 Å². The van der Waals surface area contributed by atoms with Crippen molar-refractivity contribution in [1.29, 1.82) is 0 Å². The first kappa shape index (κ1) is 18.8. The second-order valence-corrected chi connectivity index (χ2v) is 9.94. The van der Waals surface area contributed by atoms with Crippen LogP contribution in [0.3, 0.4) is 0 Å². The second kappa shape index (κ2) is 6.58. The van der Waals surface area contributed by atoms with Gasteiger partial charge in [0, 0.05) is 45.4 Å². The highest BCUT2D eigenvalue weighted by Gasteiger charge is 2.52. The Hall–Kier alpha value is -4.51. The zero-order chi connectivity index (χ0) is 23.4. The number of rotatable bonds is 1. The zero-order valence-electron chi connectivity index (χ0n) is 19.4. The molecule has 4 aromatic carbocycles. The number of pyridine rings is 1.